The third kappa shape index (κ3) is 3.65. The van der Waals surface area contributed by atoms with Crippen molar-refractivity contribution in [2.75, 3.05) is 5.32 Å². The number of urea groups is 1. The number of amides is 2. The fourth-order valence-corrected chi connectivity index (χ4v) is 5.28. The Kier molecular flexibility index (Phi) is 5.03. The van der Waals surface area contributed by atoms with Crippen molar-refractivity contribution in [1.29, 1.82) is 0 Å². The summed E-state index contributed by atoms with van der Waals surface area (Å²) in [5.74, 6) is 0. The van der Waals surface area contributed by atoms with Crippen LogP contribution < -0.4 is 10.6 Å². The summed E-state index contributed by atoms with van der Waals surface area (Å²) in [6.07, 6.45) is 8.91. The maximum absolute atomic E-state index is 12.6. The predicted molar refractivity (Wildman–Crippen MR) is 112 cm³/mol. The topological polar surface area (TPSA) is 46.1 Å². The molecule has 0 fully saturated rings. The Bertz CT molecular complexity index is 943. The van der Waals surface area contributed by atoms with Gasteiger partial charge in [-0.1, -0.05) is 18.2 Å². The van der Waals surface area contributed by atoms with Gasteiger partial charge in [-0.3, -0.25) is 0 Å². The van der Waals surface area contributed by atoms with E-state index < -0.39 is 0 Å². The number of hydrogen-bond acceptors (Lipinski definition) is 2. The molecule has 3 aromatic rings. The zero-order chi connectivity index (χ0) is 18.8. The van der Waals surface area contributed by atoms with E-state index in [0.29, 0.717) is 0 Å². The van der Waals surface area contributed by atoms with Gasteiger partial charge < -0.3 is 15.2 Å². The molecule has 2 heterocycles. The van der Waals surface area contributed by atoms with E-state index in [1.54, 1.807) is 0 Å². The molecule has 27 heavy (non-hydrogen) atoms. The van der Waals surface area contributed by atoms with Crippen LogP contribution in [0.1, 0.15) is 47.4 Å². The Labute approximate surface area is 164 Å². The summed E-state index contributed by atoms with van der Waals surface area (Å²) < 4.78 is 2.18. The second-order valence-corrected chi connectivity index (χ2v) is 8.24. The molecule has 140 valence electrons. The Balaban J connectivity index is 1.59. The van der Waals surface area contributed by atoms with Crippen LogP contribution in [-0.2, 0) is 12.8 Å². The van der Waals surface area contributed by atoms with E-state index in [1.807, 2.05) is 54.7 Å². The summed E-state index contributed by atoms with van der Waals surface area (Å²) in [5.41, 5.74) is 4.62. The number of nitrogens with one attached hydrogen (secondary N) is 2. The number of fused-ring (bicyclic) bond motifs is 1. The standard InChI is InChI=1S/C22H25N3OS/c1-15-9-3-5-11-18(15)24-22(26)23-16(2)20-17-10-4-6-12-19(17)27-21(20)25-13-7-8-14-25/h3,5,7-9,11,13-14,16H,4,6,10,12H2,1-2H3,(H2,23,24,26)/t16-/m1/s1. The van der Waals surface area contributed by atoms with Crippen molar-refractivity contribution in [3.8, 4) is 5.00 Å². The van der Waals surface area contributed by atoms with Gasteiger partial charge in [0.1, 0.15) is 5.00 Å². The van der Waals surface area contributed by atoms with Crippen molar-refractivity contribution in [2.24, 2.45) is 0 Å². The van der Waals surface area contributed by atoms with Crippen molar-refractivity contribution in [2.45, 2.75) is 45.6 Å². The van der Waals surface area contributed by atoms with E-state index in [2.05, 4.69) is 34.5 Å². The molecule has 0 aliphatic heterocycles. The normalized spacial score (nSPS) is 14.4. The van der Waals surface area contributed by atoms with E-state index in [0.717, 1.165) is 24.1 Å². The van der Waals surface area contributed by atoms with Gasteiger partial charge in [-0.05, 0) is 68.9 Å². The molecule has 1 aliphatic carbocycles. The van der Waals surface area contributed by atoms with Gasteiger partial charge >= 0.3 is 6.03 Å². The maximum Gasteiger partial charge on any atom is 0.319 e. The van der Waals surface area contributed by atoms with E-state index >= 15 is 0 Å². The summed E-state index contributed by atoms with van der Waals surface area (Å²) in [4.78, 5) is 14.1. The first-order chi connectivity index (χ1) is 13.1. The highest BCUT2D eigenvalue weighted by Crippen LogP contribution is 2.40. The summed E-state index contributed by atoms with van der Waals surface area (Å²) >= 11 is 1.87. The van der Waals surface area contributed by atoms with Gasteiger partial charge in [0.15, 0.2) is 0 Å². The maximum atomic E-state index is 12.6. The number of aromatic nitrogens is 1. The summed E-state index contributed by atoms with van der Waals surface area (Å²) in [7, 11) is 0. The largest absolute Gasteiger partial charge is 0.331 e. The van der Waals surface area contributed by atoms with Crippen molar-refractivity contribution >= 4 is 23.1 Å². The molecule has 0 saturated heterocycles. The van der Waals surface area contributed by atoms with Crippen LogP contribution in [0.25, 0.3) is 5.00 Å². The monoisotopic (exact) mass is 379 g/mol. The van der Waals surface area contributed by atoms with Crippen LogP contribution in [-0.4, -0.2) is 10.6 Å². The van der Waals surface area contributed by atoms with Gasteiger partial charge in [0, 0.05) is 28.5 Å². The van der Waals surface area contributed by atoms with Crippen molar-refractivity contribution < 1.29 is 4.79 Å². The molecule has 0 saturated carbocycles. The second kappa shape index (κ2) is 7.61. The Morgan fingerprint density at radius 2 is 1.85 bits per heavy atom. The minimum atomic E-state index is -0.161. The Hall–Kier alpha value is -2.53. The zero-order valence-corrected chi connectivity index (χ0v) is 16.6. The molecule has 1 atom stereocenters. The fourth-order valence-electron chi connectivity index (χ4n) is 3.82. The predicted octanol–water partition coefficient (Wildman–Crippen LogP) is 5.61. The van der Waals surface area contributed by atoms with Crippen LogP contribution in [0.3, 0.4) is 0 Å². The number of thiophene rings is 1. The average molecular weight is 380 g/mol. The summed E-state index contributed by atoms with van der Waals surface area (Å²) in [6, 6.07) is 11.7. The second-order valence-electron chi connectivity index (χ2n) is 7.16. The van der Waals surface area contributed by atoms with Gasteiger partial charge in [0.25, 0.3) is 0 Å². The van der Waals surface area contributed by atoms with Crippen LogP contribution in [0.2, 0.25) is 0 Å². The van der Waals surface area contributed by atoms with Crippen molar-refractivity contribution in [3.63, 3.8) is 0 Å². The summed E-state index contributed by atoms with van der Waals surface area (Å²) in [6.45, 7) is 4.08. The fraction of sp³-hybridized carbons (Fsp3) is 0.318. The molecule has 0 bridgehead atoms. The molecule has 2 aromatic heterocycles. The lowest BCUT2D eigenvalue weighted by Gasteiger charge is -2.20. The Morgan fingerprint density at radius 3 is 2.63 bits per heavy atom. The summed E-state index contributed by atoms with van der Waals surface area (Å²) in [5, 5.41) is 7.37. The lowest BCUT2D eigenvalue weighted by atomic mass is 9.93. The lowest BCUT2D eigenvalue weighted by molar-refractivity contribution is 0.249. The molecule has 2 amide bonds. The van der Waals surface area contributed by atoms with Gasteiger partial charge in [-0.2, -0.15) is 0 Å². The number of hydrogen-bond donors (Lipinski definition) is 2. The van der Waals surface area contributed by atoms with E-state index in [1.165, 1.54) is 33.8 Å². The van der Waals surface area contributed by atoms with E-state index in [-0.39, 0.29) is 12.1 Å². The first-order valence-electron chi connectivity index (χ1n) is 9.54. The quantitative estimate of drug-likeness (QED) is 0.608. The zero-order valence-electron chi connectivity index (χ0n) is 15.8. The molecule has 0 spiro atoms. The van der Waals surface area contributed by atoms with Crippen LogP contribution in [0, 0.1) is 6.92 Å². The van der Waals surface area contributed by atoms with Crippen molar-refractivity contribution in [3.05, 3.63) is 70.4 Å². The number of carbonyl (C=O) groups excluding carboxylic acids is 1. The minimum Gasteiger partial charge on any atom is -0.331 e. The molecule has 0 unspecified atom stereocenters. The average Bonchev–Trinajstić information content (AvgIpc) is 3.30. The van der Waals surface area contributed by atoms with Crippen molar-refractivity contribution in [1.82, 2.24) is 9.88 Å². The van der Waals surface area contributed by atoms with E-state index in [9.17, 15) is 4.79 Å². The van der Waals surface area contributed by atoms with Crippen LogP contribution in [0.4, 0.5) is 10.5 Å². The van der Waals surface area contributed by atoms with Gasteiger partial charge in [-0.25, -0.2) is 4.79 Å². The van der Waals surface area contributed by atoms with Gasteiger partial charge in [0.05, 0.1) is 6.04 Å². The lowest BCUT2D eigenvalue weighted by Crippen LogP contribution is -2.32. The molecule has 4 rings (SSSR count). The number of para-hydroxylation sites is 1. The molecule has 5 heteroatoms. The molecule has 1 aliphatic rings. The highest BCUT2D eigenvalue weighted by molar-refractivity contribution is 7.15. The third-order valence-electron chi connectivity index (χ3n) is 5.21. The number of rotatable bonds is 4. The number of nitrogens with zero attached hydrogens (tertiary/aromatic N) is 1. The van der Waals surface area contributed by atoms with Crippen LogP contribution in [0.15, 0.2) is 48.8 Å². The van der Waals surface area contributed by atoms with Gasteiger partial charge in [0.2, 0.25) is 0 Å². The molecular formula is C22H25N3OS. The highest BCUT2D eigenvalue weighted by Gasteiger charge is 2.26. The smallest absolute Gasteiger partial charge is 0.319 e. The first kappa shape index (κ1) is 17.9. The molecule has 2 N–H and O–H groups in total. The SMILES string of the molecule is Cc1ccccc1NC(=O)N[C@H](C)c1c(-n2cccc2)sc2c1CCCC2. The molecule has 4 nitrogen and oxygen atoms in total. The van der Waals surface area contributed by atoms with Gasteiger partial charge in [-0.15, -0.1) is 11.3 Å². The highest BCUT2D eigenvalue weighted by atomic mass is 32.1. The first-order valence-corrected chi connectivity index (χ1v) is 10.4. The number of aryl methyl sites for hydroxylation is 2. The minimum absolute atomic E-state index is 0.0514. The van der Waals surface area contributed by atoms with E-state index in [4.69, 9.17) is 0 Å². The Morgan fingerprint density at radius 1 is 1.11 bits per heavy atom. The molecule has 1 aromatic carbocycles. The van der Waals surface area contributed by atoms with Crippen LogP contribution in [0.5, 0.6) is 0 Å². The van der Waals surface area contributed by atoms with Crippen LogP contribution >= 0.6 is 11.3 Å². The number of benzene rings is 1. The molecular weight excluding hydrogens is 354 g/mol. The molecule has 0 radical (unpaired) electrons. The number of anilines is 1. The number of carbonyl (C=O) groups is 1. The third-order valence-corrected chi connectivity index (χ3v) is 6.53.